The Morgan fingerprint density at radius 1 is 1.19 bits per heavy atom. The van der Waals surface area contributed by atoms with Crippen LogP contribution in [0.3, 0.4) is 0 Å². The molecule has 1 atom stereocenters. The third-order valence-electron chi connectivity index (χ3n) is 5.48. The van der Waals surface area contributed by atoms with Crippen molar-refractivity contribution in [2.45, 2.75) is 32.4 Å². The van der Waals surface area contributed by atoms with Gasteiger partial charge in [-0.25, -0.2) is 9.97 Å². The molecule has 2 aliphatic heterocycles. The van der Waals surface area contributed by atoms with Crippen LogP contribution >= 0.6 is 11.3 Å². The maximum Gasteiger partial charge on any atom is 0.254 e. The zero-order valence-electron chi connectivity index (χ0n) is 17.6. The Labute approximate surface area is 183 Å². The molecule has 11 heteroatoms. The number of aromatic nitrogens is 5. The van der Waals surface area contributed by atoms with E-state index in [0.717, 1.165) is 28.9 Å². The standard InChI is InChI=1S/C20H23FN8OS/c1-12-6-25-27(3)18(12)19-23-7-15(21)20(26-19)30-14-9-28(10-14)11-29-16(4-5-24-29)17-8-22-13(2)31-17/h5-8,14,16H,4,9-11H2,1-3H3. The lowest BCUT2D eigenvalue weighted by atomic mass is 10.1. The molecule has 0 amide bonds. The van der Waals surface area contributed by atoms with Gasteiger partial charge in [-0.05, 0) is 19.4 Å². The summed E-state index contributed by atoms with van der Waals surface area (Å²) in [6.45, 7) is 6.00. The maximum atomic E-state index is 14.3. The number of rotatable bonds is 6. The fourth-order valence-corrected chi connectivity index (χ4v) is 4.78. The molecule has 31 heavy (non-hydrogen) atoms. The molecule has 5 heterocycles. The van der Waals surface area contributed by atoms with Gasteiger partial charge in [-0.15, -0.1) is 11.3 Å². The van der Waals surface area contributed by atoms with Crippen molar-refractivity contribution >= 4 is 17.6 Å². The van der Waals surface area contributed by atoms with Crippen molar-refractivity contribution in [3.63, 3.8) is 0 Å². The zero-order chi connectivity index (χ0) is 21.5. The van der Waals surface area contributed by atoms with Crippen molar-refractivity contribution in [3.8, 4) is 17.4 Å². The van der Waals surface area contributed by atoms with Crippen LogP contribution in [0.5, 0.6) is 5.88 Å². The summed E-state index contributed by atoms with van der Waals surface area (Å²) in [7, 11) is 1.81. The van der Waals surface area contributed by atoms with E-state index in [1.165, 1.54) is 4.88 Å². The summed E-state index contributed by atoms with van der Waals surface area (Å²) in [5.74, 6) is -0.182. The van der Waals surface area contributed by atoms with Crippen molar-refractivity contribution < 1.29 is 9.13 Å². The minimum Gasteiger partial charge on any atom is -0.469 e. The Hall–Kier alpha value is -2.92. The molecule has 2 aliphatic rings. The monoisotopic (exact) mass is 442 g/mol. The Morgan fingerprint density at radius 2 is 2.03 bits per heavy atom. The Bertz CT molecular complexity index is 1100. The minimum absolute atomic E-state index is 0.0209. The van der Waals surface area contributed by atoms with Crippen molar-refractivity contribution in [3.05, 3.63) is 39.9 Å². The molecule has 162 valence electrons. The van der Waals surface area contributed by atoms with Crippen LogP contribution in [0, 0.1) is 19.7 Å². The third-order valence-corrected chi connectivity index (χ3v) is 6.49. The summed E-state index contributed by atoms with van der Waals surface area (Å²) in [5.41, 5.74) is 1.67. The average molecular weight is 443 g/mol. The van der Waals surface area contributed by atoms with E-state index in [1.807, 2.05) is 26.3 Å². The van der Waals surface area contributed by atoms with Crippen LogP contribution in [0.15, 0.2) is 23.7 Å². The molecule has 0 radical (unpaired) electrons. The molecule has 3 aromatic rings. The molecule has 0 bridgehead atoms. The molecule has 9 nitrogen and oxygen atoms in total. The number of hydrogen-bond acceptors (Lipinski definition) is 9. The van der Waals surface area contributed by atoms with Crippen LogP contribution in [-0.2, 0) is 7.05 Å². The van der Waals surface area contributed by atoms with Crippen LogP contribution in [0.4, 0.5) is 4.39 Å². The van der Waals surface area contributed by atoms with E-state index in [-0.39, 0.29) is 18.0 Å². The molecule has 1 unspecified atom stereocenters. The van der Waals surface area contributed by atoms with E-state index in [9.17, 15) is 4.39 Å². The predicted octanol–water partition coefficient (Wildman–Crippen LogP) is 2.54. The second kappa shape index (κ2) is 7.97. The van der Waals surface area contributed by atoms with Crippen LogP contribution in [0.2, 0.25) is 0 Å². The zero-order valence-corrected chi connectivity index (χ0v) is 18.4. The van der Waals surface area contributed by atoms with E-state index in [2.05, 4.69) is 35.1 Å². The molecular formula is C20H23FN8OS. The predicted molar refractivity (Wildman–Crippen MR) is 114 cm³/mol. The van der Waals surface area contributed by atoms with E-state index < -0.39 is 5.82 Å². The topological polar surface area (TPSA) is 84.6 Å². The lowest BCUT2D eigenvalue weighted by Gasteiger charge is -2.41. The lowest BCUT2D eigenvalue weighted by molar-refractivity contribution is -0.0250. The van der Waals surface area contributed by atoms with Gasteiger partial charge < -0.3 is 4.74 Å². The fourth-order valence-electron chi connectivity index (χ4n) is 3.88. The van der Waals surface area contributed by atoms with Crippen LogP contribution in [0.1, 0.15) is 27.9 Å². The first-order chi connectivity index (χ1) is 15.0. The van der Waals surface area contributed by atoms with Gasteiger partial charge in [0.15, 0.2) is 5.82 Å². The van der Waals surface area contributed by atoms with Gasteiger partial charge in [0.25, 0.3) is 5.88 Å². The van der Waals surface area contributed by atoms with Crippen LogP contribution in [0.25, 0.3) is 11.5 Å². The van der Waals surface area contributed by atoms with E-state index >= 15 is 0 Å². The van der Waals surface area contributed by atoms with Crippen molar-refractivity contribution in [2.24, 2.45) is 12.1 Å². The second-order valence-electron chi connectivity index (χ2n) is 7.83. The summed E-state index contributed by atoms with van der Waals surface area (Å²) in [5, 5.41) is 11.9. The molecular weight excluding hydrogens is 419 g/mol. The Kier molecular flexibility index (Phi) is 5.14. The number of hydrazone groups is 1. The van der Waals surface area contributed by atoms with E-state index in [4.69, 9.17) is 4.74 Å². The average Bonchev–Trinajstić information content (AvgIpc) is 3.42. The molecule has 5 rings (SSSR count). The smallest absolute Gasteiger partial charge is 0.254 e. The summed E-state index contributed by atoms with van der Waals surface area (Å²) in [4.78, 5) is 16.2. The third kappa shape index (κ3) is 3.90. The molecule has 3 aromatic heterocycles. The van der Waals surface area contributed by atoms with Gasteiger partial charge in [-0.3, -0.25) is 14.6 Å². The Balaban J connectivity index is 1.20. The van der Waals surface area contributed by atoms with E-state index in [0.29, 0.717) is 25.6 Å². The van der Waals surface area contributed by atoms with Gasteiger partial charge in [-0.2, -0.15) is 19.6 Å². The summed E-state index contributed by atoms with van der Waals surface area (Å²) in [6.07, 6.45) is 7.53. The van der Waals surface area contributed by atoms with Gasteiger partial charge in [0, 0.05) is 43.8 Å². The number of thiazole rings is 1. The first-order valence-corrected chi connectivity index (χ1v) is 10.9. The normalized spacial score (nSPS) is 19.2. The van der Waals surface area contributed by atoms with Gasteiger partial charge >= 0.3 is 0 Å². The summed E-state index contributed by atoms with van der Waals surface area (Å²) < 4.78 is 21.8. The van der Waals surface area contributed by atoms with Gasteiger partial charge in [0.2, 0.25) is 5.82 Å². The minimum atomic E-state index is -0.563. The first kappa shape index (κ1) is 20.0. The highest BCUT2D eigenvalue weighted by Gasteiger charge is 2.34. The molecule has 0 aliphatic carbocycles. The molecule has 1 saturated heterocycles. The van der Waals surface area contributed by atoms with E-state index in [1.54, 1.807) is 29.3 Å². The fraction of sp³-hybridized carbons (Fsp3) is 0.450. The highest BCUT2D eigenvalue weighted by atomic mass is 32.1. The molecule has 0 N–H and O–H groups in total. The molecule has 0 saturated carbocycles. The molecule has 1 fully saturated rings. The molecule has 0 aromatic carbocycles. The second-order valence-corrected chi connectivity index (χ2v) is 9.10. The maximum absolute atomic E-state index is 14.3. The van der Waals surface area contributed by atoms with Crippen LogP contribution in [-0.4, -0.2) is 66.7 Å². The lowest BCUT2D eigenvalue weighted by Crippen LogP contribution is -2.56. The number of aryl methyl sites for hydroxylation is 3. The summed E-state index contributed by atoms with van der Waals surface area (Å²) >= 11 is 1.71. The number of likely N-dealkylation sites (tertiary alicyclic amines) is 1. The van der Waals surface area contributed by atoms with Crippen molar-refractivity contribution in [2.75, 3.05) is 19.8 Å². The highest BCUT2D eigenvalue weighted by Crippen LogP contribution is 2.32. The quantitative estimate of drug-likeness (QED) is 0.580. The molecule has 0 spiro atoms. The van der Waals surface area contributed by atoms with Crippen molar-refractivity contribution in [1.29, 1.82) is 0 Å². The van der Waals surface area contributed by atoms with Gasteiger partial charge in [0.05, 0.1) is 30.1 Å². The number of hydrogen-bond donors (Lipinski definition) is 0. The van der Waals surface area contributed by atoms with Crippen molar-refractivity contribution in [1.82, 2.24) is 34.6 Å². The first-order valence-electron chi connectivity index (χ1n) is 10.1. The van der Waals surface area contributed by atoms with Crippen LogP contribution < -0.4 is 4.74 Å². The number of ether oxygens (including phenoxy) is 1. The Morgan fingerprint density at radius 3 is 2.74 bits per heavy atom. The SMILES string of the molecule is Cc1ncc(C2CC=NN2CN2CC(Oc3nc(-c4c(C)cnn4C)ncc3F)C2)s1. The van der Waals surface area contributed by atoms with Gasteiger partial charge in [0.1, 0.15) is 11.8 Å². The number of nitrogens with zero attached hydrogens (tertiary/aromatic N) is 8. The number of halogens is 1. The highest BCUT2D eigenvalue weighted by molar-refractivity contribution is 7.11. The largest absolute Gasteiger partial charge is 0.469 e. The summed E-state index contributed by atoms with van der Waals surface area (Å²) in [6, 6.07) is 0.232. The van der Waals surface area contributed by atoms with Gasteiger partial charge in [-0.1, -0.05) is 0 Å².